The third-order valence-electron chi connectivity index (χ3n) is 2.34. The maximum Gasteiger partial charge on any atom is 0.255 e. The Bertz CT molecular complexity index is 492. The average Bonchev–Trinajstić information content (AvgIpc) is 2.26. The maximum atomic E-state index is 12.9. The molecule has 0 aliphatic carbocycles. The number of amides is 2. The minimum absolute atomic E-state index is 0.00501. The Labute approximate surface area is 116 Å². The number of hydrogen-bond donors (Lipinski definition) is 1. The first-order chi connectivity index (χ1) is 8.81. The quantitative estimate of drug-likeness (QED) is 0.921. The van der Waals surface area contributed by atoms with Gasteiger partial charge in [-0.2, -0.15) is 0 Å². The molecule has 0 saturated carbocycles. The molecule has 1 N–H and O–H groups in total. The molecule has 19 heavy (non-hydrogen) atoms. The Balaban J connectivity index is 2.74. The van der Waals surface area contributed by atoms with Crippen LogP contribution in [0.25, 0.3) is 0 Å². The van der Waals surface area contributed by atoms with Crippen molar-refractivity contribution in [2.75, 3.05) is 13.6 Å². The lowest BCUT2D eigenvalue weighted by molar-refractivity contribution is -0.122. The van der Waals surface area contributed by atoms with Crippen LogP contribution in [-0.2, 0) is 4.79 Å². The highest BCUT2D eigenvalue weighted by Gasteiger charge is 2.18. The summed E-state index contributed by atoms with van der Waals surface area (Å²) in [5.74, 6) is -1.20. The molecule has 0 aliphatic heterocycles. The van der Waals surface area contributed by atoms with Crippen LogP contribution >= 0.6 is 11.6 Å². The van der Waals surface area contributed by atoms with Crippen molar-refractivity contribution in [1.29, 1.82) is 0 Å². The van der Waals surface area contributed by atoms with Gasteiger partial charge in [0.05, 0.1) is 17.1 Å². The van der Waals surface area contributed by atoms with Crippen molar-refractivity contribution in [1.82, 2.24) is 10.2 Å². The molecule has 0 heterocycles. The van der Waals surface area contributed by atoms with Crippen LogP contribution in [0.4, 0.5) is 4.39 Å². The molecule has 0 aromatic heterocycles. The predicted molar refractivity (Wildman–Crippen MR) is 71.6 cm³/mol. The number of benzene rings is 1. The standard InChI is InChI=1S/C13H16ClFN2O2/c1-8(2)16-12(18)7-17(3)13(19)10-5-4-9(15)6-11(10)14/h4-6,8H,7H2,1-3H3,(H,16,18). The van der Waals surface area contributed by atoms with Crippen molar-refractivity contribution < 1.29 is 14.0 Å². The number of likely N-dealkylation sites (N-methyl/N-ethyl adjacent to an activating group) is 1. The first-order valence-corrected chi connectivity index (χ1v) is 6.19. The third-order valence-corrected chi connectivity index (χ3v) is 2.65. The molecular formula is C13H16ClFN2O2. The van der Waals surface area contributed by atoms with E-state index in [2.05, 4.69) is 5.32 Å². The number of carbonyl (C=O) groups excluding carboxylic acids is 2. The van der Waals surface area contributed by atoms with Gasteiger partial charge < -0.3 is 10.2 Å². The van der Waals surface area contributed by atoms with Crippen molar-refractivity contribution >= 4 is 23.4 Å². The van der Waals surface area contributed by atoms with E-state index in [4.69, 9.17) is 11.6 Å². The van der Waals surface area contributed by atoms with Gasteiger partial charge in [-0.1, -0.05) is 11.6 Å². The largest absolute Gasteiger partial charge is 0.352 e. The fraction of sp³-hybridized carbons (Fsp3) is 0.385. The van der Waals surface area contributed by atoms with E-state index in [1.165, 1.54) is 18.0 Å². The molecule has 0 unspecified atom stereocenters. The molecule has 6 heteroatoms. The second-order valence-electron chi connectivity index (χ2n) is 4.51. The van der Waals surface area contributed by atoms with Gasteiger partial charge in [-0.05, 0) is 32.0 Å². The van der Waals surface area contributed by atoms with Crippen LogP contribution in [0, 0.1) is 5.82 Å². The van der Waals surface area contributed by atoms with Gasteiger partial charge in [0.25, 0.3) is 5.91 Å². The van der Waals surface area contributed by atoms with E-state index in [9.17, 15) is 14.0 Å². The summed E-state index contributed by atoms with van der Waals surface area (Å²) in [6.07, 6.45) is 0. The summed E-state index contributed by atoms with van der Waals surface area (Å²) in [6, 6.07) is 3.53. The van der Waals surface area contributed by atoms with E-state index in [0.717, 1.165) is 12.1 Å². The van der Waals surface area contributed by atoms with Crippen LogP contribution in [0.2, 0.25) is 5.02 Å². The zero-order valence-corrected chi connectivity index (χ0v) is 11.8. The minimum Gasteiger partial charge on any atom is -0.352 e. The highest BCUT2D eigenvalue weighted by molar-refractivity contribution is 6.33. The second-order valence-corrected chi connectivity index (χ2v) is 4.91. The van der Waals surface area contributed by atoms with E-state index in [1.807, 2.05) is 13.8 Å². The number of nitrogens with zero attached hydrogens (tertiary/aromatic N) is 1. The molecule has 1 aromatic carbocycles. The van der Waals surface area contributed by atoms with Crippen molar-refractivity contribution in [2.24, 2.45) is 0 Å². The van der Waals surface area contributed by atoms with Crippen molar-refractivity contribution in [3.05, 3.63) is 34.6 Å². The molecule has 0 fully saturated rings. The van der Waals surface area contributed by atoms with Gasteiger partial charge >= 0.3 is 0 Å². The highest BCUT2D eigenvalue weighted by atomic mass is 35.5. The van der Waals surface area contributed by atoms with Gasteiger partial charge in [0.15, 0.2) is 0 Å². The molecule has 0 atom stereocenters. The molecule has 0 spiro atoms. The lowest BCUT2D eigenvalue weighted by Gasteiger charge is -2.18. The third kappa shape index (κ3) is 4.52. The smallest absolute Gasteiger partial charge is 0.255 e. The van der Waals surface area contributed by atoms with Gasteiger partial charge in [-0.15, -0.1) is 0 Å². The van der Waals surface area contributed by atoms with Gasteiger partial charge in [-0.25, -0.2) is 4.39 Å². The van der Waals surface area contributed by atoms with Crippen molar-refractivity contribution in [3.8, 4) is 0 Å². The number of hydrogen-bond acceptors (Lipinski definition) is 2. The number of halogens is 2. The van der Waals surface area contributed by atoms with Crippen LogP contribution in [0.15, 0.2) is 18.2 Å². The van der Waals surface area contributed by atoms with Crippen molar-refractivity contribution in [2.45, 2.75) is 19.9 Å². The predicted octanol–water partition coefficient (Wildman–Crippen LogP) is 2.08. The van der Waals surface area contributed by atoms with E-state index in [0.29, 0.717) is 0 Å². The van der Waals surface area contributed by atoms with E-state index in [-0.39, 0.29) is 29.1 Å². The summed E-state index contributed by atoms with van der Waals surface area (Å²) in [6.45, 7) is 3.58. The Morgan fingerprint density at radius 2 is 2.05 bits per heavy atom. The molecule has 1 rings (SSSR count). The molecule has 1 aromatic rings. The first kappa shape index (κ1) is 15.4. The lowest BCUT2D eigenvalue weighted by Crippen LogP contribution is -2.40. The van der Waals surface area contributed by atoms with Crippen LogP contribution < -0.4 is 5.32 Å². The molecular weight excluding hydrogens is 271 g/mol. The van der Waals surface area contributed by atoms with E-state index >= 15 is 0 Å². The van der Waals surface area contributed by atoms with Crippen LogP contribution in [-0.4, -0.2) is 36.3 Å². The number of nitrogens with one attached hydrogen (secondary N) is 1. The Morgan fingerprint density at radius 1 is 1.42 bits per heavy atom. The SMILES string of the molecule is CC(C)NC(=O)CN(C)C(=O)c1ccc(F)cc1Cl. The summed E-state index contributed by atoms with van der Waals surface area (Å²) in [7, 11) is 1.49. The van der Waals surface area contributed by atoms with Gasteiger partial charge in [0.2, 0.25) is 5.91 Å². The molecule has 0 aliphatic rings. The zero-order chi connectivity index (χ0) is 14.6. The Hall–Kier alpha value is -1.62. The monoisotopic (exact) mass is 286 g/mol. The van der Waals surface area contributed by atoms with Crippen LogP contribution in [0.5, 0.6) is 0 Å². The average molecular weight is 287 g/mol. The molecule has 0 bridgehead atoms. The molecule has 2 amide bonds. The van der Waals surface area contributed by atoms with E-state index < -0.39 is 11.7 Å². The highest BCUT2D eigenvalue weighted by Crippen LogP contribution is 2.18. The summed E-state index contributed by atoms with van der Waals surface area (Å²) in [5.41, 5.74) is 0.169. The van der Waals surface area contributed by atoms with Gasteiger partial charge in [0.1, 0.15) is 5.82 Å². The van der Waals surface area contributed by atoms with Gasteiger partial charge in [0, 0.05) is 13.1 Å². The minimum atomic E-state index is -0.512. The molecule has 4 nitrogen and oxygen atoms in total. The van der Waals surface area contributed by atoms with Gasteiger partial charge in [-0.3, -0.25) is 9.59 Å². The maximum absolute atomic E-state index is 12.9. The number of rotatable bonds is 4. The summed E-state index contributed by atoms with van der Waals surface area (Å²) >= 11 is 5.80. The summed E-state index contributed by atoms with van der Waals surface area (Å²) in [5, 5.41) is 2.71. The van der Waals surface area contributed by atoms with Crippen molar-refractivity contribution in [3.63, 3.8) is 0 Å². The topological polar surface area (TPSA) is 49.4 Å². The summed E-state index contributed by atoms with van der Waals surface area (Å²) in [4.78, 5) is 24.8. The first-order valence-electron chi connectivity index (χ1n) is 5.81. The normalized spacial score (nSPS) is 10.4. The number of carbonyl (C=O) groups is 2. The molecule has 104 valence electrons. The Kier molecular flexibility index (Phi) is 5.30. The van der Waals surface area contributed by atoms with Crippen LogP contribution in [0.1, 0.15) is 24.2 Å². The van der Waals surface area contributed by atoms with E-state index in [1.54, 1.807) is 0 Å². The molecule has 0 radical (unpaired) electrons. The fourth-order valence-electron chi connectivity index (χ4n) is 1.52. The van der Waals surface area contributed by atoms with Crippen LogP contribution in [0.3, 0.4) is 0 Å². The fourth-order valence-corrected chi connectivity index (χ4v) is 1.77. The lowest BCUT2D eigenvalue weighted by atomic mass is 10.2. The summed E-state index contributed by atoms with van der Waals surface area (Å²) < 4.78 is 12.9. The zero-order valence-electron chi connectivity index (χ0n) is 11.0. The molecule has 0 saturated heterocycles. The Morgan fingerprint density at radius 3 is 2.58 bits per heavy atom. The second kappa shape index (κ2) is 6.52.